The van der Waals surface area contributed by atoms with Crippen molar-refractivity contribution in [1.29, 1.82) is 10.8 Å². The summed E-state index contributed by atoms with van der Waals surface area (Å²) in [5.74, 6) is -8.17. The largest absolute Gasteiger partial charge is 0.477 e. The van der Waals surface area contributed by atoms with E-state index in [1.54, 1.807) is 24.3 Å². The van der Waals surface area contributed by atoms with Crippen LogP contribution in [0.5, 0.6) is 0 Å². The van der Waals surface area contributed by atoms with Crippen LogP contribution in [0.1, 0.15) is 37.8 Å². The molecule has 2 aliphatic rings. The molecule has 3 rings (SSSR count). The molecule has 0 bridgehead atoms. The normalized spacial score (nSPS) is 21.0. The molecule has 0 saturated heterocycles. The maximum atomic E-state index is 12.8. The van der Waals surface area contributed by atoms with Crippen LogP contribution in [0.3, 0.4) is 0 Å². The van der Waals surface area contributed by atoms with E-state index in [-0.39, 0.29) is 39.0 Å². The summed E-state index contributed by atoms with van der Waals surface area (Å²) < 4.78 is 21.5. The van der Waals surface area contributed by atoms with E-state index in [0.717, 1.165) is 26.0 Å². The van der Waals surface area contributed by atoms with Crippen LogP contribution >= 0.6 is 0 Å². The molecule has 386 valence electrons. The Morgan fingerprint density at radius 1 is 0.643 bits per heavy atom. The third kappa shape index (κ3) is 17.9. The van der Waals surface area contributed by atoms with Gasteiger partial charge in [-0.25, -0.2) is 19.2 Å². The van der Waals surface area contributed by atoms with Crippen LogP contribution < -0.4 is 54.0 Å². The van der Waals surface area contributed by atoms with E-state index < -0.39 is 145 Å². The Bertz CT molecular complexity index is 2020. The van der Waals surface area contributed by atoms with Crippen LogP contribution in [0.25, 0.3) is 0 Å². The van der Waals surface area contributed by atoms with E-state index in [4.69, 9.17) is 41.2 Å². The number of alkyl carbamates (subject to hydrolysis) is 2. The molecular weight excluding hydrogens is 937 g/mol. The minimum atomic E-state index is -1.87. The van der Waals surface area contributed by atoms with Gasteiger partial charge in [0.2, 0.25) is 35.1 Å². The highest BCUT2D eigenvalue weighted by atomic mass is 16.6. The highest BCUT2D eigenvalue weighted by molar-refractivity contribution is 5.86. The number of carboxylic acid groups (broad SMARTS) is 2. The second kappa shape index (κ2) is 27.1. The van der Waals surface area contributed by atoms with Crippen molar-refractivity contribution in [3.05, 3.63) is 59.1 Å². The van der Waals surface area contributed by atoms with Crippen LogP contribution in [-0.2, 0) is 60.8 Å². The highest BCUT2D eigenvalue weighted by Gasteiger charge is 2.48. The van der Waals surface area contributed by atoms with Crippen LogP contribution in [0.15, 0.2) is 47.9 Å². The minimum Gasteiger partial charge on any atom is -0.477 e. The first kappa shape index (κ1) is 56.4. The van der Waals surface area contributed by atoms with Gasteiger partial charge < -0.3 is 104 Å². The molecular formula is C40H58N12O18. The number of hydrogen-bond donors (Lipinski definition) is 18. The van der Waals surface area contributed by atoms with E-state index in [0.29, 0.717) is 11.1 Å². The maximum absolute atomic E-state index is 12.8. The molecule has 0 radical (unpaired) electrons. The molecule has 0 fully saturated rings. The Kier molecular flexibility index (Phi) is 21.9. The summed E-state index contributed by atoms with van der Waals surface area (Å²) in [6.45, 7) is -0.329. The van der Waals surface area contributed by atoms with Crippen molar-refractivity contribution >= 4 is 59.7 Å². The molecule has 30 heteroatoms. The number of benzene rings is 1. The van der Waals surface area contributed by atoms with Crippen molar-refractivity contribution in [3.63, 3.8) is 0 Å². The van der Waals surface area contributed by atoms with Gasteiger partial charge >= 0.3 is 24.1 Å². The predicted octanol–water partition coefficient (Wildman–Crippen LogP) is -5.96. The predicted molar refractivity (Wildman–Crippen MR) is 236 cm³/mol. The van der Waals surface area contributed by atoms with Gasteiger partial charge in [0.1, 0.15) is 12.2 Å². The summed E-state index contributed by atoms with van der Waals surface area (Å²) in [4.78, 5) is 98.7. The van der Waals surface area contributed by atoms with Gasteiger partial charge in [-0.2, -0.15) is 0 Å². The third-order valence-electron chi connectivity index (χ3n) is 9.96. The fourth-order valence-electron chi connectivity index (χ4n) is 6.93. The minimum absolute atomic E-state index is 0.0194. The fraction of sp³-hybridized carbons (Fsp3) is 0.500. The lowest BCUT2D eigenvalue weighted by molar-refractivity contribution is -0.147. The van der Waals surface area contributed by atoms with Gasteiger partial charge in [0.05, 0.1) is 37.4 Å². The monoisotopic (exact) mass is 994 g/mol. The first-order valence-electron chi connectivity index (χ1n) is 21.1. The number of aliphatic carboxylic acids is 2. The van der Waals surface area contributed by atoms with Crippen molar-refractivity contribution in [2.75, 3.05) is 26.3 Å². The number of nitrogens with two attached hydrogens (primary N) is 2. The zero-order valence-corrected chi connectivity index (χ0v) is 37.6. The van der Waals surface area contributed by atoms with Crippen molar-refractivity contribution in [2.45, 2.75) is 101 Å². The first-order valence-corrected chi connectivity index (χ1v) is 21.1. The van der Waals surface area contributed by atoms with Gasteiger partial charge in [0.15, 0.2) is 36.3 Å². The van der Waals surface area contributed by atoms with E-state index >= 15 is 0 Å². The Morgan fingerprint density at radius 3 is 1.33 bits per heavy atom. The van der Waals surface area contributed by atoms with Crippen LogP contribution in [0.4, 0.5) is 9.59 Å². The van der Waals surface area contributed by atoms with E-state index in [9.17, 15) is 69.0 Å². The van der Waals surface area contributed by atoms with Crippen LogP contribution in [0.2, 0.25) is 0 Å². The molecule has 30 nitrogen and oxygen atoms in total. The molecule has 2 unspecified atom stereocenters. The van der Waals surface area contributed by atoms with Gasteiger partial charge in [0.25, 0.3) is 0 Å². The molecule has 0 saturated carbocycles. The molecule has 70 heavy (non-hydrogen) atoms. The Morgan fingerprint density at radius 2 is 1.01 bits per heavy atom. The lowest BCUT2D eigenvalue weighted by atomic mass is 9.92. The number of hydrogen-bond acceptors (Lipinski definition) is 18. The molecule has 10 atom stereocenters. The molecule has 2 aliphatic heterocycles. The van der Waals surface area contributed by atoms with Gasteiger partial charge in [-0.1, -0.05) is 24.3 Å². The quantitative estimate of drug-likeness (QED) is 0.0339. The highest BCUT2D eigenvalue weighted by Crippen LogP contribution is 2.27. The molecule has 0 aromatic heterocycles. The summed E-state index contributed by atoms with van der Waals surface area (Å²) >= 11 is 0. The SMILES string of the molecule is CC(=O)NC1[C@@H](NC(=N)N)C=C(C(=O)O)O[C@H]1[C@H](OC(=O)NCCC(=O)NCc1cccc(CNC(=O)CCNC(=O)O[C@H]([C@H](O)CO)[C@@H]2OC(C(=O)O)=C[C@H](NC(=N)N)C2NC(C)=O)c1)[C@H](O)CO. The Hall–Kier alpha value is -7.96. The lowest BCUT2D eigenvalue weighted by Crippen LogP contribution is -2.65. The van der Waals surface area contributed by atoms with Crippen LogP contribution in [0, 0.1) is 10.8 Å². The second-order valence-electron chi connectivity index (χ2n) is 15.4. The number of amides is 6. The molecule has 0 aliphatic carbocycles. The first-order chi connectivity index (χ1) is 33.0. The topological polar surface area (TPSA) is 491 Å². The van der Waals surface area contributed by atoms with Crippen molar-refractivity contribution in [2.24, 2.45) is 11.5 Å². The lowest BCUT2D eigenvalue weighted by Gasteiger charge is -2.41. The average molecular weight is 995 g/mol. The summed E-state index contributed by atoms with van der Waals surface area (Å²) in [5.41, 5.74) is 12.1. The Balaban J connectivity index is 1.50. The number of aliphatic hydroxyl groups excluding tert-OH is 4. The zero-order chi connectivity index (χ0) is 52.2. The van der Waals surface area contributed by atoms with Crippen molar-refractivity contribution in [1.82, 2.24) is 42.5 Å². The fourth-order valence-corrected chi connectivity index (χ4v) is 6.93. The second-order valence-corrected chi connectivity index (χ2v) is 15.4. The third-order valence-corrected chi connectivity index (χ3v) is 9.96. The Labute approximate surface area is 397 Å². The summed E-state index contributed by atoms with van der Waals surface area (Å²) in [6.07, 6.45) is -11.6. The summed E-state index contributed by atoms with van der Waals surface area (Å²) in [6, 6.07) is 1.72. The van der Waals surface area contributed by atoms with E-state index in [1.807, 2.05) is 0 Å². The van der Waals surface area contributed by atoms with Gasteiger partial charge in [-0.15, -0.1) is 0 Å². The van der Waals surface area contributed by atoms with E-state index in [1.165, 1.54) is 0 Å². The van der Waals surface area contributed by atoms with Crippen LogP contribution in [-0.4, -0.2) is 177 Å². The smallest absolute Gasteiger partial charge is 0.407 e. The maximum Gasteiger partial charge on any atom is 0.407 e. The summed E-state index contributed by atoms with van der Waals surface area (Å²) in [7, 11) is 0. The average Bonchev–Trinajstić information content (AvgIpc) is 3.28. The molecule has 6 amide bonds. The zero-order valence-electron chi connectivity index (χ0n) is 37.6. The molecule has 1 aromatic rings. The van der Waals surface area contributed by atoms with Crippen molar-refractivity contribution in [3.8, 4) is 0 Å². The number of ether oxygens (including phenoxy) is 4. The number of carbonyl (C=O) groups excluding carboxylic acids is 6. The molecule has 2 heterocycles. The van der Waals surface area contributed by atoms with Gasteiger partial charge in [-0.3, -0.25) is 30.0 Å². The standard InChI is InChI=1S/C40H58N12O18/c1-17(55)49-29-21(51-37(41)42)11-25(35(61)62)67-33(29)31(23(57)15-53)69-39(65)45-8-6-27(59)47-13-19-4-3-5-20(10-19)14-48-28(60)7-9-46-40(66)70-32(24(58)16-54)34-30(50-18(2)56)22(52-38(43)44)12-26(68-34)36(63)64/h3-5,10-12,21-24,29-34,53-54,57-58H,6-9,13-16H2,1-2H3,(H,45,65)(H,46,66)(H,47,59)(H,48,60)(H,49,55)(H,50,56)(H,61,62)(H,63,64)(H4,41,42,51)(H4,43,44,52)/t21-,22-,23+,24+,29?,30?,31+,32+,33+,34+/m0/s1. The van der Waals surface area contributed by atoms with Gasteiger partial charge in [-0.05, 0) is 23.3 Å². The number of aliphatic hydroxyl groups is 4. The number of carbonyl (C=O) groups is 8. The van der Waals surface area contributed by atoms with Gasteiger partial charge in [0, 0.05) is 52.9 Å². The molecule has 0 spiro atoms. The van der Waals surface area contributed by atoms with Crippen molar-refractivity contribution < 1.29 is 87.9 Å². The number of rotatable bonds is 24. The van der Waals surface area contributed by atoms with E-state index in [2.05, 4.69) is 42.5 Å². The number of nitrogens with one attached hydrogen (secondary N) is 10. The summed E-state index contributed by atoms with van der Waals surface area (Å²) in [5, 5.41) is 94.7. The molecule has 1 aromatic carbocycles. The molecule has 20 N–H and O–H groups in total. The number of carboxylic acids is 2. The number of guanidine groups is 2.